The van der Waals surface area contributed by atoms with Crippen LogP contribution in [-0.2, 0) is 17.8 Å². The van der Waals surface area contributed by atoms with E-state index in [1.165, 1.54) is 12.8 Å². The number of Topliss-reactive ketones (excluding diaryl/α,β-unsaturated/α-hetero) is 1. The Kier molecular flexibility index (Phi) is 4.78. The number of hydrogen-bond donors (Lipinski definition) is 0. The molecular weight excluding hydrogens is 236 g/mol. The van der Waals surface area contributed by atoms with E-state index in [2.05, 4.69) is 25.9 Å². The van der Waals surface area contributed by atoms with Crippen LogP contribution in [0, 0.1) is 17.8 Å². The van der Waals surface area contributed by atoms with E-state index in [4.69, 9.17) is 0 Å². The van der Waals surface area contributed by atoms with E-state index in [9.17, 15) is 4.79 Å². The first-order valence-electron chi connectivity index (χ1n) is 7.64. The first-order valence-corrected chi connectivity index (χ1v) is 7.64. The second-order valence-electron chi connectivity index (χ2n) is 6.20. The minimum atomic E-state index is 0.292. The van der Waals surface area contributed by atoms with Crippen LogP contribution in [0.1, 0.15) is 52.0 Å². The largest absolute Gasteiger partial charge is 0.299 e. The van der Waals surface area contributed by atoms with Gasteiger partial charge in [0.1, 0.15) is 5.78 Å². The second-order valence-corrected chi connectivity index (χ2v) is 6.20. The van der Waals surface area contributed by atoms with Crippen molar-refractivity contribution in [2.75, 3.05) is 0 Å². The van der Waals surface area contributed by atoms with Crippen LogP contribution in [0.4, 0.5) is 0 Å². The number of rotatable bonds is 5. The molecule has 0 atom stereocenters. The standard InChI is InChI=1S/C16H26N2O/c1-4-18-11-13(10-17-18)9-16(19)15-7-5-14(6-8-15)12(2)3/h10-12,14-15H,4-9H2,1-3H3. The molecule has 0 saturated heterocycles. The Bertz CT molecular complexity index is 414. The molecule has 0 spiro atoms. The zero-order valence-electron chi connectivity index (χ0n) is 12.4. The number of ketones is 1. The lowest BCUT2D eigenvalue weighted by molar-refractivity contribution is -0.123. The molecule has 106 valence electrons. The summed E-state index contributed by atoms with van der Waals surface area (Å²) in [6, 6.07) is 0. The van der Waals surface area contributed by atoms with Crippen LogP contribution in [0.15, 0.2) is 12.4 Å². The Morgan fingerprint density at radius 3 is 2.58 bits per heavy atom. The highest BCUT2D eigenvalue weighted by Gasteiger charge is 2.27. The molecule has 0 unspecified atom stereocenters. The predicted octanol–water partition coefficient (Wildman–Crippen LogP) is 3.48. The van der Waals surface area contributed by atoms with Crippen LogP contribution in [-0.4, -0.2) is 15.6 Å². The van der Waals surface area contributed by atoms with E-state index in [1.807, 2.05) is 17.1 Å². The van der Waals surface area contributed by atoms with Crippen LogP contribution in [0.5, 0.6) is 0 Å². The molecule has 1 fully saturated rings. The highest BCUT2D eigenvalue weighted by atomic mass is 16.1. The van der Waals surface area contributed by atoms with Crippen molar-refractivity contribution < 1.29 is 4.79 Å². The van der Waals surface area contributed by atoms with Crippen LogP contribution in [0.25, 0.3) is 0 Å². The maximum atomic E-state index is 12.3. The summed E-state index contributed by atoms with van der Waals surface area (Å²) in [4.78, 5) is 12.3. The van der Waals surface area contributed by atoms with Crippen molar-refractivity contribution in [1.29, 1.82) is 0 Å². The molecule has 1 aliphatic carbocycles. The van der Waals surface area contributed by atoms with Crippen LogP contribution >= 0.6 is 0 Å². The smallest absolute Gasteiger partial charge is 0.140 e. The van der Waals surface area contributed by atoms with Gasteiger partial charge in [0, 0.05) is 25.1 Å². The Morgan fingerprint density at radius 1 is 1.37 bits per heavy atom. The predicted molar refractivity (Wildman–Crippen MR) is 76.9 cm³/mol. The summed E-state index contributed by atoms with van der Waals surface area (Å²) in [6.45, 7) is 7.53. The molecule has 2 rings (SSSR count). The van der Waals surface area contributed by atoms with Crippen molar-refractivity contribution in [2.24, 2.45) is 17.8 Å². The van der Waals surface area contributed by atoms with Gasteiger partial charge in [-0.05, 0) is 50.0 Å². The first kappa shape index (κ1) is 14.3. The van der Waals surface area contributed by atoms with Gasteiger partial charge < -0.3 is 0 Å². The molecule has 3 nitrogen and oxygen atoms in total. The number of carbonyl (C=O) groups excluding carboxylic acids is 1. The maximum absolute atomic E-state index is 12.3. The highest BCUT2D eigenvalue weighted by Crippen LogP contribution is 2.34. The molecule has 0 amide bonds. The summed E-state index contributed by atoms with van der Waals surface area (Å²) in [5.41, 5.74) is 1.07. The molecule has 0 N–H and O–H groups in total. The lowest BCUT2D eigenvalue weighted by Gasteiger charge is -2.30. The third-order valence-corrected chi connectivity index (χ3v) is 4.56. The third-order valence-electron chi connectivity index (χ3n) is 4.56. The summed E-state index contributed by atoms with van der Waals surface area (Å²) in [7, 11) is 0. The zero-order valence-corrected chi connectivity index (χ0v) is 12.4. The van der Waals surface area contributed by atoms with Crippen LogP contribution in [0.3, 0.4) is 0 Å². The van der Waals surface area contributed by atoms with E-state index in [0.717, 1.165) is 36.8 Å². The minimum absolute atomic E-state index is 0.292. The lowest BCUT2D eigenvalue weighted by Crippen LogP contribution is -2.25. The van der Waals surface area contributed by atoms with Gasteiger partial charge in [0.05, 0.1) is 6.20 Å². The van der Waals surface area contributed by atoms with E-state index in [0.29, 0.717) is 18.1 Å². The number of carbonyl (C=O) groups is 1. The van der Waals surface area contributed by atoms with Crippen LogP contribution < -0.4 is 0 Å². The van der Waals surface area contributed by atoms with Crippen molar-refractivity contribution in [3.8, 4) is 0 Å². The molecule has 3 heteroatoms. The number of hydrogen-bond acceptors (Lipinski definition) is 2. The summed E-state index contributed by atoms with van der Waals surface area (Å²) in [5.74, 6) is 2.29. The van der Waals surface area contributed by atoms with Gasteiger partial charge in [-0.1, -0.05) is 13.8 Å². The average Bonchev–Trinajstić information content (AvgIpc) is 2.86. The fourth-order valence-corrected chi connectivity index (χ4v) is 3.12. The first-order chi connectivity index (χ1) is 9.10. The van der Waals surface area contributed by atoms with Gasteiger partial charge in [0.15, 0.2) is 0 Å². The summed E-state index contributed by atoms with van der Waals surface area (Å²) in [5, 5.41) is 4.23. The van der Waals surface area contributed by atoms with E-state index >= 15 is 0 Å². The molecule has 1 aliphatic rings. The molecule has 1 heterocycles. The number of aryl methyl sites for hydroxylation is 1. The highest BCUT2D eigenvalue weighted by molar-refractivity contribution is 5.83. The Balaban J connectivity index is 1.84. The zero-order chi connectivity index (χ0) is 13.8. The van der Waals surface area contributed by atoms with Crippen molar-refractivity contribution in [1.82, 2.24) is 9.78 Å². The molecule has 1 aromatic rings. The molecule has 0 aliphatic heterocycles. The average molecular weight is 262 g/mol. The van der Waals surface area contributed by atoms with Gasteiger partial charge >= 0.3 is 0 Å². The lowest BCUT2D eigenvalue weighted by atomic mass is 9.75. The van der Waals surface area contributed by atoms with E-state index in [1.54, 1.807) is 0 Å². The molecule has 1 saturated carbocycles. The van der Waals surface area contributed by atoms with Crippen molar-refractivity contribution in [2.45, 2.75) is 59.4 Å². The number of nitrogens with zero attached hydrogens (tertiary/aromatic N) is 2. The van der Waals surface area contributed by atoms with Gasteiger partial charge in [0.25, 0.3) is 0 Å². The molecule has 0 radical (unpaired) electrons. The van der Waals surface area contributed by atoms with Crippen molar-refractivity contribution in [3.63, 3.8) is 0 Å². The van der Waals surface area contributed by atoms with Gasteiger partial charge in [0.2, 0.25) is 0 Å². The monoisotopic (exact) mass is 262 g/mol. The summed E-state index contributed by atoms with van der Waals surface area (Å²) >= 11 is 0. The number of aromatic nitrogens is 2. The molecule has 19 heavy (non-hydrogen) atoms. The Morgan fingerprint density at radius 2 is 2.05 bits per heavy atom. The second kappa shape index (κ2) is 6.36. The molecular formula is C16H26N2O. The van der Waals surface area contributed by atoms with E-state index < -0.39 is 0 Å². The summed E-state index contributed by atoms with van der Waals surface area (Å²) in [6.07, 6.45) is 9.02. The summed E-state index contributed by atoms with van der Waals surface area (Å²) < 4.78 is 1.89. The van der Waals surface area contributed by atoms with Gasteiger partial charge in [-0.3, -0.25) is 9.48 Å². The SMILES string of the molecule is CCn1cc(CC(=O)C2CCC(C(C)C)CC2)cn1. The van der Waals surface area contributed by atoms with Crippen LogP contribution in [0.2, 0.25) is 0 Å². The van der Waals surface area contributed by atoms with Gasteiger partial charge in [-0.2, -0.15) is 5.10 Å². The molecule has 0 aromatic carbocycles. The van der Waals surface area contributed by atoms with Gasteiger partial charge in [-0.15, -0.1) is 0 Å². The van der Waals surface area contributed by atoms with E-state index in [-0.39, 0.29) is 0 Å². The molecule has 1 aromatic heterocycles. The fraction of sp³-hybridized carbons (Fsp3) is 0.750. The normalized spacial score (nSPS) is 23.8. The van der Waals surface area contributed by atoms with Crippen molar-refractivity contribution in [3.05, 3.63) is 18.0 Å². The quantitative estimate of drug-likeness (QED) is 0.814. The fourth-order valence-electron chi connectivity index (χ4n) is 3.12. The molecule has 0 bridgehead atoms. The van der Waals surface area contributed by atoms with Crippen molar-refractivity contribution >= 4 is 5.78 Å². The maximum Gasteiger partial charge on any atom is 0.140 e. The Labute approximate surface area is 116 Å². The Hall–Kier alpha value is -1.12. The topological polar surface area (TPSA) is 34.9 Å². The van der Waals surface area contributed by atoms with Gasteiger partial charge in [-0.25, -0.2) is 0 Å². The third kappa shape index (κ3) is 3.68. The minimum Gasteiger partial charge on any atom is -0.299 e.